The summed E-state index contributed by atoms with van der Waals surface area (Å²) in [5.74, 6) is 0.962. The van der Waals surface area contributed by atoms with E-state index in [0.717, 1.165) is 10.8 Å². The Labute approximate surface area is 139 Å². The third-order valence-electron chi connectivity index (χ3n) is 4.33. The second-order valence-electron chi connectivity index (χ2n) is 7.12. The maximum absolute atomic E-state index is 11.6. The Morgan fingerprint density at radius 3 is 1.78 bits per heavy atom. The van der Waals surface area contributed by atoms with Crippen LogP contribution in [0.3, 0.4) is 0 Å². The van der Waals surface area contributed by atoms with Crippen LogP contribution >= 0.6 is 0 Å². The first-order valence-electron chi connectivity index (χ1n) is 8.12. The largest absolute Gasteiger partial charge is 0.294 e. The van der Waals surface area contributed by atoms with Gasteiger partial charge in [0.2, 0.25) is 0 Å². The van der Waals surface area contributed by atoms with Crippen molar-refractivity contribution in [2.24, 2.45) is 0 Å². The second-order valence-corrected chi connectivity index (χ2v) is 8.54. The first-order valence-corrected chi connectivity index (χ1v) is 9.56. The van der Waals surface area contributed by atoms with Crippen LogP contribution in [0.4, 0.5) is 0 Å². The molecule has 0 unspecified atom stereocenters. The van der Waals surface area contributed by atoms with Crippen molar-refractivity contribution in [1.82, 2.24) is 0 Å². The molecule has 4 heteroatoms. The minimum Gasteiger partial charge on any atom is -0.282 e. The molecule has 0 aromatic heterocycles. The standard InChI is InChI=1S/C19H26O3S/c1-11(2)16-10-17(12(3)4)19(13(5)6)18-9-14(23(20,21)22)7-8-15(16)18/h7-13H,1-6H3,(H,20,21,22). The molecule has 0 saturated carbocycles. The topological polar surface area (TPSA) is 54.4 Å². The lowest BCUT2D eigenvalue weighted by molar-refractivity contribution is 0.483. The average Bonchev–Trinajstić information content (AvgIpc) is 2.42. The summed E-state index contributed by atoms with van der Waals surface area (Å²) >= 11 is 0. The summed E-state index contributed by atoms with van der Waals surface area (Å²) in [5.41, 5.74) is 3.64. The van der Waals surface area contributed by atoms with Crippen molar-refractivity contribution in [1.29, 1.82) is 0 Å². The number of fused-ring (bicyclic) bond motifs is 1. The number of rotatable bonds is 4. The summed E-state index contributed by atoms with van der Waals surface area (Å²) in [5, 5.41) is 2.01. The van der Waals surface area contributed by atoms with Gasteiger partial charge in [0.25, 0.3) is 10.1 Å². The lowest BCUT2D eigenvalue weighted by atomic mass is 9.82. The molecule has 0 saturated heterocycles. The van der Waals surface area contributed by atoms with E-state index >= 15 is 0 Å². The van der Waals surface area contributed by atoms with Gasteiger partial charge in [0.1, 0.15) is 0 Å². The van der Waals surface area contributed by atoms with Crippen molar-refractivity contribution < 1.29 is 13.0 Å². The van der Waals surface area contributed by atoms with Gasteiger partial charge in [-0.1, -0.05) is 53.7 Å². The lowest BCUT2D eigenvalue weighted by Crippen LogP contribution is -2.05. The van der Waals surface area contributed by atoms with Crippen molar-refractivity contribution in [3.05, 3.63) is 41.0 Å². The van der Waals surface area contributed by atoms with Crippen LogP contribution in [0.15, 0.2) is 29.2 Å². The van der Waals surface area contributed by atoms with Gasteiger partial charge in [0, 0.05) is 0 Å². The molecule has 0 heterocycles. The van der Waals surface area contributed by atoms with Gasteiger partial charge >= 0.3 is 0 Å². The van der Waals surface area contributed by atoms with Gasteiger partial charge in [0.15, 0.2) is 0 Å². The monoisotopic (exact) mass is 334 g/mol. The van der Waals surface area contributed by atoms with E-state index in [4.69, 9.17) is 0 Å². The molecule has 0 aliphatic carbocycles. The highest BCUT2D eigenvalue weighted by molar-refractivity contribution is 7.85. The van der Waals surface area contributed by atoms with Crippen LogP contribution < -0.4 is 0 Å². The van der Waals surface area contributed by atoms with Crippen molar-refractivity contribution in [3.63, 3.8) is 0 Å². The fourth-order valence-corrected chi connectivity index (χ4v) is 3.74. The summed E-state index contributed by atoms with van der Waals surface area (Å²) in [6, 6.07) is 7.20. The van der Waals surface area contributed by atoms with Crippen LogP contribution in [-0.4, -0.2) is 13.0 Å². The van der Waals surface area contributed by atoms with Gasteiger partial charge < -0.3 is 0 Å². The molecule has 0 bridgehead atoms. The minimum atomic E-state index is -4.20. The van der Waals surface area contributed by atoms with E-state index in [9.17, 15) is 13.0 Å². The first kappa shape index (κ1) is 18.0. The van der Waals surface area contributed by atoms with E-state index in [0.29, 0.717) is 11.8 Å². The van der Waals surface area contributed by atoms with Crippen molar-refractivity contribution in [3.8, 4) is 0 Å². The Morgan fingerprint density at radius 1 is 0.783 bits per heavy atom. The molecule has 0 radical (unpaired) electrons. The molecule has 1 N–H and O–H groups in total. The van der Waals surface area contributed by atoms with Gasteiger partial charge in [-0.3, -0.25) is 4.55 Å². The molecule has 2 rings (SSSR count). The summed E-state index contributed by atoms with van der Waals surface area (Å²) in [7, 11) is -4.20. The van der Waals surface area contributed by atoms with E-state index in [1.807, 2.05) is 6.07 Å². The summed E-state index contributed by atoms with van der Waals surface area (Å²) in [6.45, 7) is 12.8. The SMILES string of the molecule is CC(C)c1cc(C(C)C)c2ccc(S(=O)(=O)O)cc2c1C(C)C. The molecule has 23 heavy (non-hydrogen) atoms. The maximum Gasteiger partial charge on any atom is 0.294 e. The van der Waals surface area contributed by atoms with Crippen molar-refractivity contribution >= 4 is 20.9 Å². The predicted molar refractivity (Wildman–Crippen MR) is 96.0 cm³/mol. The molecule has 0 amide bonds. The molecule has 2 aromatic carbocycles. The molecule has 126 valence electrons. The maximum atomic E-state index is 11.6. The van der Waals surface area contributed by atoms with E-state index in [2.05, 4.69) is 47.6 Å². The zero-order chi connectivity index (χ0) is 17.5. The lowest BCUT2D eigenvalue weighted by Gasteiger charge is -2.23. The Balaban J connectivity index is 3.01. The molecule has 0 aliphatic heterocycles. The minimum absolute atomic E-state index is 0.0393. The first-order chi connectivity index (χ1) is 10.5. The molecule has 0 fully saturated rings. The highest BCUT2D eigenvalue weighted by atomic mass is 32.2. The molecule has 2 aromatic rings. The highest BCUT2D eigenvalue weighted by Gasteiger charge is 2.20. The van der Waals surface area contributed by atoms with Gasteiger partial charge in [-0.05, 0) is 57.3 Å². The fraction of sp³-hybridized carbons (Fsp3) is 0.474. The Hall–Kier alpha value is -1.39. The smallest absolute Gasteiger partial charge is 0.282 e. The zero-order valence-electron chi connectivity index (χ0n) is 14.7. The van der Waals surface area contributed by atoms with Crippen molar-refractivity contribution in [2.45, 2.75) is 64.2 Å². The molecule has 0 aliphatic rings. The summed E-state index contributed by atoms with van der Waals surface area (Å²) < 4.78 is 32.5. The highest BCUT2D eigenvalue weighted by Crippen LogP contribution is 2.38. The second kappa shape index (κ2) is 6.25. The van der Waals surface area contributed by atoms with Gasteiger partial charge in [-0.2, -0.15) is 8.42 Å². The van der Waals surface area contributed by atoms with E-state index in [-0.39, 0.29) is 10.8 Å². The zero-order valence-corrected chi connectivity index (χ0v) is 15.5. The van der Waals surface area contributed by atoms with Crippen LogP contribution in [0.25, 0.3) is 10.8 Å². The third kappa shape index (κ3) is 3.43. The molecule has 0 atom stereocenters. The fourth-order valence-electron chi connectivity index (χ4n) is 3.24. The van der Waals surface area contributed by atoms with Crippen LogP contribution in [0, 0.1) is 0 Å². The van der Waals surface area contributed by atoms with Crippen LogP contribution in [0.5, 0.6) is 0 Å². The molecule has 0 spiro atoms. The third-order valence-corrected chi connectivity index (χ3v) is 5.18. The predicted octanol–water partition coefficient (Wildman–Crippen LogP) is 5.46. The Morgan fingerprint density at radius 2 is 1.35 bits per heavy atom. The Kier molecular flexibility index (Phi) is 4.88. The quantitative estimate of drug-likeness (QED) is 0.756. The molecular formula is C19H26O3S. The number of benzene rings is 2. The van der Waals surface area contributed by atoms with Crippen LogP contribution in [-0.2, 0) is 10.1 Å². The van der Waals surface area contributed by atoms with Gasteiger partial charge in [-0.25, -0.2) is 0 Å². The average molecular weight is 334 g/mol. The number of hydrogen-bond donors (Lipinski definition) is 1. The van der Waals surface area contributed by atoms with E-state index in [1.54, 1.807) is 6.07 Å². The van der Waals surface area contributed by atoms with E-state index in [1.165, 1.54) is 22.8 Å². The van der Waals surface area contributed by atoms with Crippen LogP contribution in [0.2, 0.25) is 0 Å². The van der Waals surface area contributed by atoms with Gasteiger partial charge in [0.05, 0.1) is 4.90 Å². The van der Waals surface area contributed by atoms with Crippen LogP contribution in [0.1, 0.15) is 76.0 Å². The van der Waals surface area contributed by atoms with E-state index < -0.39 is 10.1 Å². The van der Waals surface area contributed by atoms with Gasteiger partial charge in [-0.15, -0.1) is 0 Å². The van der Waals surface area contributed by atoms with Crippen molar-refractivity contribution in [2.75, 3.05) is 0 Å². The summed E-state index contributed by atoms with van der Waals surface area (Å²) in [6.07, 6.45) is 0. The molecular weight excluding hydrogens is 308 g/mol. The normalized spacial score (nSPS) is 12.8. The molecule has 3 nitrogen and oxygen atoms in total. The summed E-state index contributed by atoms with van der Waals surface area (Å²) in [4.78, 5) is -0.0393. The number of hydrogen-bond acceptors (Lipinski definition) is 2. The Bertz CT molecular complexity index is 831.